The van der Waals surface area contributed by atoms with E-state index in [4.69, 9.17) is 0 Å². The van der Waals surface area contributed by atoms with E-state index in [0.717, 1.165) is 18.3 Å². The van der Waals surface area contributed by atoms with Gasteiger partial charge in [0.05, 0.1) is 17.4 Å². The molecule has 1 aromatic rings. The minimum absolute atomic E-state index is 0.158. The molecule has 0 aromatic carbocycles. The molecule has 2 unspecified atom stereocenters. The second-order valence-electron chi connectivity index (χ2n) is 3.13. The standard InChI is InChI=1S/C9H10F3NO2S/c10-9(11,12)5-2-1-3-13-7(5)8(15)6(14)4-16/h1-3,6,8,14-16H,4H2. The van der Waals surface area contributed by atoms with E-state index >= 15 is 0 Å². The molecule has 1 rings (SSSR count). The van der Waals surface area contributed by atoms with E-state index in [-0.39, 0.29) is 5.75 Å². The van der Waals surface area contributed by atoms with Gasteiger partial charge in [-0.3, -0.25) is 4.98 Å². The van der Waals surface area contributed by atoms with Gasteiger partial charge in [0.1, 0.15) is 6.10 Å². The van der Waals surface area contributed by atoms with Crippen molar-refractivity contribution in [2.24, 2.45) is 0 Å². The number of hydrogen-bond acceptors (Lipinski definition) is 4. The van der Waals surface area contributed by atoms with Gasteiger partial charge in [0, 0.05) is 11.9 Å². The summed E-state index contributed by atoms with van der Waals surface area (Å²) >= 11 is 3.69. The Morgan fingerprint density at radius 3 is 2.50 bits per heavy atom. The summed E-state index contributed by atoms with van der Waals surface area (Å²) in [7, 11) is 0. The Morgan fingerprint density at radius 1 is 1.38 bits per heavy atom. The number of aromatic nitrogens is 1. The van der Waals surface area contributed by atoms with Crippen LogP contribution in [-0.4, -0.2) is 27.1 Å². The third-order valence-electron chi connectivity index (χ3n) is 1.98. The zero-order valence-corrected chi connectivity index (χ0v) is 8.91. The molecule has 0 spiro atoms. The molecule has 2 N–H and O–H groups in total. The van der Waals surface area contributed by atoms with Gasteiger partial charge in [0.2, 0.25) is 0 Å². The van der Waals surface area contributed by atoms with Crippen LogP contribution in [0.3, 0.4) is 0 Å². The van der Waals surface area contributed by atoms with Crippen LogP contribution >= 0.6 is 12.6 Å². The molecule has 1 aromatic heterocycles. The van der Waals surface area contributed by atoms with E-state index in [1.165, 1.54) is 0 Å². The summed E-state index contributed by atoms with van der Waals surface area (Å²) in [5.74, 6) is -0.158. The van der Waals surface area contributed by atoms with Crippen LogP contribution in [0.25, 0.3) is 0 Å². The van der Waals surface area contributed by atoms with Gasteiger partial charge in [-0.15, -0.1) is 0 Å². The van der Waals surface area contributed by atoms with Gasteiger partial charge in [0.25, 0.3) is 0 Å². The highest BCUT2D eigenvalue weighted by Gasteiger charge is 2.36. The number of aliphatic hydroxyl groups is 2. The Bertz CT molecular complexity index is 359. The Hall–Kier alpha value is -0.790. The van der Waals surface area contributed by atoms with Gasteiger partial charge < -0.3 is 10.2 Å². The molecular weight excluding hydrogens is 243 g/mol. The van der Waals surface area contributed by atoms with Crippen molar-refractivity contribution in [2.45, 2.75) is 18.4 Å². The molecule has 0 aliphatic heterocycles. The second kappa shape index (κ2) is 5.03. The lowest BCUT2D eigenvalue weighted by Gasteiger charge is -2.19. The lowest BCUT2D eigenvalue weighted by Crippen LogP contribution is -2.24. The average molecular weight is 253 g/mol. The van der Waals surface area contributed by atoms with E-state index in [1.54, 1.807) is 0 Å². The van der Waals surface area contributed by atoms with Crippen molar-refractivity contribution < 1.29 is 23.4 Å². The number of hydrogen-bond donors (Lipinski definition) is 3. The van der Waals surface area contributed by atoms with Gasteiger partial charge >= 0.3 is 6.18 Å². The SMILES string of the molecule is OC(CS)C(O)c1ncccc1C(F)(F)F. The third-order valence-corrected chi connectivity index (χ3v) is 2.35. The Balaban J connectivity index is 3.13. The fourth-order valence-corrected chi connectivity index (χ4v) is 1.37. The number of nitrogens with zero attached hydrogens (tertiary/aromatic N) is 1. The van der Waals surface area contributed by atoms with E-state index < -0.39 is 29.6 Å². The van der Waals surface area contributed by atoms with Crippen LogP contribution in [-0.2, 0) is 6.18 Å². The van der Waals surface area contributed by atoms with Crippen LogP contribution < -0.4 is 0 Å². The largest absolute Gasteiger partial charge is 0.418 e. The first-order chi connectivity index (χ1) is 7.38. The molecule has 90 valence electrons. The highest BCUT2D eigenvalue weighted by Crippen LogP contribution is 2.34. The van der Waals surface area contributed by atoms with Gasteiger partial charge in [-0.25, -0.2) is 0 Å². The summed E-state index contributed by atoms with van der Waals surface area (Å²) in [6.07, 6.45) is -6.57. The first-order valence-corrected chi connectivity index (χ1v) is 5.00. The summed E-state index contributed by atoms with van der Waals surface area (Å²) in [6, 6.07) is 1.92. The quantitative estimate of drug-likeness (QED) is 0.714. The maximum absolute atomic E-state index is 12.5. The zero-order chi connectivity index (χ0) is 12.3. The van der Waals surface area contributed by atoms with Gasteiger partial charge in [0.15, 0.2) is 0 Å². The summed E-state index contributed by atoms with van der Waals surface area (Å²) in [5.41, 5.74) is -1.64. The van der Waals surface area contributed by atoms with Crippen LogP contribution in [0.2, 0.25) is 0 Å². The van der Waals surface area contributed by atoms with E-state index in [1.807, 2.05) is 0 Å². The van der Waals surface area contributed by atoms with Crippen LogP contribution in [0, 0.1) is 0 Å². The van der Waals surface area contributed by atoms with E-state index in [0.29, 0.717) is 0 Å². The molecule has 1 heterocycles. The molecule has 0 fully saturated rings. The smallest absolute Gasteiger partial charge is 0.389 e. The number of rotatable bonds is 3. The van der Waals surface area contributed by atoms with E-state index in [9.17, 15) is 23.4 Å². The first kappa shape index (κ1) is 13.3. The monoisotopic (exact) mass is 253 g/mol. The van der Waals surface area contributed by atoms with Crippen LogP contribution in [0.1, 0.15) is 17.4 Å². The van der Waals surface area contributed by atoms with Crippen molar-refractivity contribution >= 4 is 12.6 Å². The summed E-state index contributed by atoms with van der Waals surface area (Å²) < 4.78 is 37.6. The topological polar surface area (TPSA) is 53.4 Å². The Morgan fingerprint density at radius 2 is 2.00 bits per heavy atom. The minimum atomic E-state index is -4.61. The molecule has 3 nitrogen and oxygen atoms in total. The van der Waals surface area contributed by atoms with Gasteiger partial charge in [-0.1, -0.05) is 0 Å². The van der Waals surface area contributed by atoms with Crippen LogP contribution in [0.4, 0.5) is 13.2 Å². The Labute approximate surface area is 95.4 Å². The van der Waals surface area contributed by atoms with Crippen molar-refractivity contribution in [3.63, 3.8) is 0 Å². The summed E-state index contributed by atoms with van der Waals surface area (Å²) in [5, 5.41) is 18.7. The molecule has 0 saturated carbocycles. The molecular formula is C9H10F3NO2S. The molecule has 2 atom stereocenters. The second-order valence-corrected chi connectivity index (χ2v) is 3.49. The van der Waals surface area contributed by atoms with Crippen molar-refractivity contribution in [1.29, 1.82) is 0 Å². The van der Waals surface area contributed by atoms with Crippen molar-refractivity contribution in [3.05, 3.63) is 29.6 Å². The maximum Gasteiger partial charge on any atom is 0.418 e. The summed E-state index contributed by atoms with van der Waals surface area (Å²) in [6.45, 7) is 0. The van der Waals surface area contributed by atoms with Crippen molar-refractivity contribution in [3.8, 4) is 0 Å². The lowest BCUT2D eigenvalue weighted by atomic mass is 10.1. The molecule has 0 amide bonds. The van der Waals surface area contributed by atoms with Crippen LogP contribution in [0.15, 0.2) is 18.3 Å². The molecule has 0 aliphatic carbocycles. The molecule has 0 aliphatic rings. The van der Waals surface area contributed by atoms with E-state index in [2.05, 4.69) is 17.6 Å². The molecule has 7 heteroatoms. The first-order valence-electron chi connectivity index (χ1n) is 4.37. The number of alkyl halides is 3. The highest BCUT2D eigenvalue weighted by atomic mass is 32.1. The lowest BCUT2D eigenvalue weighted by molar-refractivity contribution is -0.140. The van der Waals surface area contributed by atoms with Gasteiger partial charge in [-0.2, -0.15) is 25.8 Å². The number of pyridine rings is 1. The van der Waals surface area contributed by atoms with Crippen LogP contribution in [0.5, 0.6) is 0 Å². The molecule has 0 radical (unpaired) electrons. The van der Waals surface area contributed by atoms with Gasteiger partial charge in [-0.05, 0) is 12.1 Å². The van der Waals surface area contributed by atoms with Crippen molar-refractivity contribution in [1.82, 2.24) is 4.98 Å². The zero-order valence-electron chi connectivity index (χ0n) is 8.02. The fourth-order valence-electron chi connectivity index (χ4n) is 1.17. The summed E-state index contributed by atoms with van der Waals surface area (Å²) in [4.78, 5) is 3.45. The highest BCUT2D eigenvalue weighted by molar-refractivity contribution is 7.80. The molecule has 0 bridgehead atoms. The predicted octanol–water partition coefficient (Wildman–Crippen LogP) is 1.42. The number of halogens is 3. The van der Waals surface area contributed by atoms with Crippen molar-refractivity contribution in [2.75, 3.05) is 5.75 Å². The number of aliphatic hydroxyl groups excluding tert-OH is 2. The normalized spacial score (nSPS) is 15.9. The average Bonchev–Trinajstić information content (AvgIpc) is 2.26. The Kier molecular flexibility index (Phi) is 4.17. The fraction of sp³-hybridized carbons (Fsp3) is 0.444. The third kappa shape index (κ3) is 2.87. The number of thiol groups is 1. The maximum atomic E-state index is 12.5. The molecule has 0 saturated heterocycles. The molecule has 16 heavy (non-hydrogen) atoms. The predicted molar refractivity (Wildman–Crippen MR) is 54.1 cm³/mol. The minimum Gasteiger partial charge on any atom is -0.389 e.